The van der Waals surface area contributed by atoms with Crippen molar-refractivity contribution in [3.63, 3.8) is 0 Å². The largest absolute Gasteiger partial charge is 0.394 e. The van der Waals surface area contributed by atoms with E-state index in [2.05, 4.69) is 10.6 Å². The van der Waals surface area contributed by atoms with Crippen LogP contribution in [0.5, 0.6) is 0 Å². The van der Waals surface area contributed by atoms with E-state index in [0.29, 0.717) is 0 Å². The number of ether oxygens (including phenoxy) is 11. The molecule has 6 aliphatic rings. The Bertz CT molecular complexity index is 1730. The molecule has 0 aromatic rings. The highest BCUT2D eigenvalue weighted by molar-refractivity contribution is 5.73. The van der Waals surface area contributed by atoms with Gasteiger partial charge in [-0.1, -0.05) is 0 Å². The summed E-state index contributed by atoms with van der Waals surface area (Å²) in [4.78, 5) is 24.6. The van der Waals surface area contributed by atoms with Crippen molar-refractivity contribution in [1.82, 2.24) is 10.6 Å². The molecule has 418 valence electrons. The van der Waals surface area contributed by atoms with Gasteiger partial charge in [0.25, 0.3) is 0 Å². The average molecular weight is 1060 g/mol. The third-order valence-corrected chi connectivity index (χ3v) is 13.2. The molecule has 0 bridgehead atoms. The molecule has 6 rings (SSSR count). The van der Waals surface area contributed by atoms with Gasteiger partial charge in [0.1, 0.15) is 140 Å². The molecule has 0 aromatic heterocycles. The van der Waals surface area contributed by atoms with Crippen molar-refractivity contribution in [3.05, 3.63) is 0 Å². The number of hydrogen-bond acceptors (Lipinski definition) is 30. The fourth-order valence-corrected chi connectivity index (χ4v) is 9.11. The Balaban J connectivity index is 1.36. The van der Waals surface area contributed by atoms with Crippen LogP contribution in [0.25, 0.3) is 0 Å². The summed E-state index contributed by atoms with van der Waals surface area (Å²) in [6.07, 6.45) is -53.7. The SMILES string of the molecule is CC(=O)N[C@H]1[C@H](OC[C@H]2OC(O)[C@H](NC(C)=O)[C@@H](O[C@@H]3O[C@H](CO)[C@H](O)[C@H](O[C@H]4O[C@H](CO)[C@H](O)[C@H](O)[C@H]4O[C@@H]4O[C@H](CO)[C@H](O)[C@H](O)[C@H]4O)[C@H]3O[C@@H]3O[C@@H](C)[C@@H](O)[C@@H](O)[C@@H]3O)[C@H]2O)O[C@H](CO)[C@@H](O)[C@@H]1O. The van der Waals surface area contributed by atoms with E-state index < -0.39 is 229 Å². The molecular formula is C40H68N2O30. The lowest BCUT2D eigenvalue weighted by Gasteiger charge is -2.51. The maximum atomic E-state index is 12.6. The molecule has 0 aliphatic carbocycles. The number of aliphatic hydroxyl groups excluding tert-OH is 17. The van der Waals surface area contributed by atoms with Crippen molar-refractivity contribution >= 4 is 11.8 Å². The second-order valence-electron chi connectivity index (χ2n) is 18.3. The summed E-state index contributed by atoms with van der Waals surface area (Å²) in [5.74, 6) is -1.55. The molecule has 6 heterocycles. The maximum absolute atomic E-state index is 12.6. The zero-order valence-electron chi connectivity index (χ0n) is 38.8. The van der Waals surface area contributed by atoms with Gasteiger partial charge in [0.2, 0.25) is 11.8 Å². The first-order valence-electron chi connectivity index (χ1n) is 23.0. The number of aliphatic hydroxyl groups is 17. The Morgan fingerprint density at radius 1 is 0.389 bits per heavy atom. The van der Waals surface area contributed by atoms with Crippen molar-refractivity contribution in [1.29, 1.82) is 0 Å². The molecule has 0 spiro atoms. The monoisotopic (exact) mass is 1060 g/mol. The highest BCUT2D eigenvalue weighted by Crippen LogP contribution is 2.38. The summed E-state index contributed by atoms with van der Waals surface area (Å²) in [6.45, 7) is -1.31. The second kappa shape index (κ2) is 25.3. The zero-order chi connectivity index (χ0) is 53.2. The van der Waals surface area contributed by atoms with E-state index >= 15 is 0 Å². The number of amides is 2. The van der Waals surface area contributed by atoms with Gasteiger partial charge >= 0.3 is 0 Å². The van der Waals surface area contributed by atoms with Crippen LogP contribution >= 0.6 is 0 Å². The summed E-state index contributed by atoms with van der Waals surface area (Å²) in [6, 6.07) is -3.25. The number of rotatable bonds is 17. The summed E-state index contributed by atoms with van der Waals surface area (Å²) in [5.41, 5.74) is 0. The van der Waals surface area contributed by atoms with Gasteiger partial charge in [-0.15, -0.1) is 0 Å². The van der Waals surface area contributed by atoms with E-state index in [1.165, 1.54) is 6.92 Å². The van der Waals surface area contributed by atoms with Gasteiger partial charge in [-0.3, -0.25) is 9.59 Å². The summed E-state index contributed by atoms with van der Waals surface area (Å²) in [5, 5.41) is 188. The van der Waals surface area contributed by atoms with Crippen LogP contribution in [0.15, 0.2) is 0 Å². The van der Waals surface area contributed by atoms with Crippen LogP contribution in [0.3, 0.4) is 0 Å². The number of hydrogen-bond donors (Lipinski definition) is 19. The standard InChI is InChI=1S/C40H68N2O30/c1-9-19(49)26(56)29(59)37(63-9)72-34-32(70-39-33(28(58)22(52)14(6-45)67-39)71-38-30(60)27(57)21(51)13(5-44)66-38)23(53)15(7-46)68-40(34)69-31-18(42-11(3)48)35(61)64-16(24(31)54)8-62-36-17(41-10(2)47)25(55)20(50)12(4-43)65-36/h9,12-40,43-46,49-61H,4-8H2,1-3H3,(H,41,47)(H,42,48)/t9-,12+,13+,14+,15+,16+,17+,18+,19+,20+,21-,22-,23-,24-,25+,26+,27-,28-,29-,30+,31+,32-,33+,34+,35?,36+,37-,38-,39+,40-/m0/s1. The highest BCUT2D eigenvalue weighted by Gasteiger charge is 2.58. The van der Waals surface area contributed by atoms with Gasteiger partial charge in [0, 0.05) is 13.8 Å². The predicted octanol–water partition coefficient (Wildman–Crippen LogP) is -12.8. The van der Waals surface area contributed by atoms with Crippen LogP contribution in [0, 0.1) is 0 Å². The Morgan fingerprint density at radius 3 is 1.35 bits per heavy atom. The molecule has 19 N–H and O–H groups in total. The minimum atomic E-state index is -2.18. The van der Waals surface area contributed by atoms with Gasteiger partial charge < -0.3 is 150 Å². The van der Waals surface area contributed by atoms with Crippen molar-refractivity contribution in [3.8, 4) is 0 Å². The minimum Gasteiger partial charge on any atom is -0.394 e. The normalized spacial score (nSPS) is 50.3. The maximum Gasteiger partial charge on any atom is 0.217 e. The number of carbonyl (C=O) groups is 2. The predicted molar refractivity (Wildman–Crippen MR) is 221 cm³/mol. The van der Waals surface area contributed by atoms with Crippen LogP contribution in [0.4, 0.5) is 0 Å². The zero-order valence-corrected chi connectivity index (χ0v) is 38.8. The lowest BCUT2D eigenvalue weighted by molar-refractivity contribution is -0.410. The molecule has 6 fully saturated rings. The molecular weight excluding hydrogens is 988 g/mol. The van der Waals surface area contributed by atoms with Gasteiger partial charge in [-0.2, -0.15) is 0 Å². The van der Waals surface area contributed by atoms with Crippen LogP contribution in [0.1, 0.15) is 20.8 Å². The Morgan fingerprint density at radius 2 is 0.792 bits per heavy atom. The molecule has 0 aromatic carbocycles. The van der Waals surface area contributed by atoms with Crippen molar-refractivity contribution in [2.45, 2.75) is 205 Å². The van der Waals surface area contributed by atoms with E-state index in [1.54, 1.807) is 0 Å². The molecule has 30 atom stereocenters. The van der Waals surface area contributed by atoms with Crippen LogP contribution in [0.2, 0.25) is 0 Å². The average Bonchev–Trinajstić information content (AvgIpc) is 3.34. The fraction of sp³-hybridized carbons (Fsp3) is 0.950. The molecule has 1 unspecified atom stereocenters. The Labute approximate surface area is 408 Å². The topological polar surface area (TPSA) is 504 Å². The van der Waals surface area contributed by atoms with E-state index in [1.807, 2.05) is 0 Å². The lowest BCUT2D eigenvalue weighted by atomic mass is 9.94. The first-order valence-corrected chi connectivity index (χ1v) is 23.0. The molecule has 72 heavy (non-hydrogen) atoms. The number of nitrogens with one attached hydrogen (secondary N) is 2. The van der Waals surface area contributed by atoms with Crippen LogP contribution in [-0.4, -0.2) is 316 Å². The molecule has 6 aliphatic heterocycles. The fourth-order valence-electron chi connectivity index (χ4n) is 9.11. The lowest BCUT2D eigenvalue weighted by Crippen LogP contribution is -2.70. The van der Waals surface area contributed by atoms with E-state index in [4.69, 9.17) is 52.1 Å². The quantitative estimate of drug-likeness (QED) is 0.0643. The Hall–Kier alpha value is -2.18. The number of carbonyl (C=O) groups excluding carboxylic acids is 2. The molecule has 32 nitrogen and oxygen atoms in total. The third-order valence-electron chi connectivity index (χ3n) is 13.2. The van der Waals surface area contributed by atoms with Crippen LogP contribution in [-0.2, 0) is 61.7 Å². The smallest absolute Gasteiger partial charge is 0.217 e. The van der Waals surface area contributed by atoms with Gasteiger partial charge in [0.15, 0.2) is 37.7 Å². The van der Waals surface area contributed by atoms with Gasteiger partial charge in [-0.25, -0.2) is 0 Å². The molecule has 6 saturated heterocycles. The second-order valence-corrected chi connectivity index (χ2v) is 18.3. The first-order chi connectivity index (χ1) is 34.0. The summed E-state index contributed by atoms with van der Waals surface area (Å²) >= 11 is 0. The van der Waals surface area contributed by atoms with Gasteiger partial charge in [-0.05, 0) is 6.92 Å². The highest BCUT2D eigenvalue weighted by atomic mass is 16.8. The van der Waals surface area contributed by atoms with Crippen molar-refractivity contribution < 1.29 is 149 Å². The van der Waals surface area contributed by atoms with E-state index in [9.17, 15) is 96.4 Å². The third kappa shape index (κ3) is 12.6. The molecule has 32 heteroatoms. The summed E-state index contributed by atoms with van der Waals surface area (Å²) < 4.78 is 64.0. The van der Waals surface area contributed by atoms with Crippen molar-refractivity contribution in [2.75, 3.05) is 33.0 Å². The molecule has 0 saturated carbocycles. The minimum absolute atomic E-state index is 0.708. The molecule has 2 amide bonds. The van der Waals surface area contributed by atoms with Gasteiger partial charge in [0.05, 0.1) is 39.1 Å². The van der Waals surface area contributed by atoms with Crippen molar-refractivity contribution in [2.24, 2.45) is 0 Å². The van der Waals surface area contributed by atoms with E-state index in [-0.39, 0.29) is 0 Å². The summed E-state index contributed by atoms with van der Waals surface area (Å²) in [7, 11) is 0. The van der Waals surface area contributed by atoms with Crippen LogP contribution < -0.4 is 10.6 Å². The Kier molecular flexibility index (Phi) is 20.8. The first kappa shape index (κ1) is 59.1. The van der Waals surface area contributed by atoms with E-state index in [0.717, 1.165) is 13.8 Å². The molecule has 0 radical (unpaired) electrons.